The Kier molecular flexibility index (Phi) is 5.04. The van der Waals surface area contributed by atoms with Gasteiger partial charge in [0.25, 0.3) is 0 Å². The molecule has 1 aromatic heterocycles. The zero-order valence-electron chi connectivity index (χ0n) is 14.2. The van der Waals surface area contributed by atoms with Gasteiger partial charge in [0.1, 0.15) is 5.58 Å². The summed E-state index contributed by atoms with van der Waals surface area (Å²) in [7, 11) is -2.83. The number of aryl methyl sites for hydroxylation is 1. The fourth-order valence-electron chi connectivity index (χ4n) is 2.36. The Balaban J connectivity index is 1.75. The lowest BCUT2D eigenvalue weighted by Gasteiger charge is -2.16. The van der Waals surface area contributed by atoms with Crippen molar-refractivity contribution in [1.29, 1.82) is 0 Å². The van der Waals surface area contributed by atoms with E-state index in [-0.39, 0.29) is 12.3 Å². The van der Waals surface area contributed by atoms with E-state index in [9.17, 15) is 13.2 Å². The van der Waals surface area contributed by atoms with E-state index in [1.54, 1.807) is 18.2 Å². The van der Waals surface area contributed by atoms with Crippen molar-refractivity contribution < 1.29 is 17.6 Å². The van der Waals surface area contributed by atoms with Crippen molar-refractivity contribution in [3.05, 3.63) is 70.4 Å². The number of halogens is 1. The van der Waals surface area contributed by atoms with Crippen molar-refractivity contribution in [3.63, 3.8) is 0 Å². The normalized spacial score (nSPS) is 11.7. The van der Waals surface area contributed by atoms with Gasteiger partial charge in [-0.25, -0.2) is 4.31 Å². The van der Waals surface area contributed by atoms with Crippen molar-refractivity contribution in [2.24, 2.45) is 0 Å². The minimum absolute atomic E-state index is 0.0783. The summed E-state index contributed by atoms with van der Waals surface area (Å²) in [6, 6.07) is 13.8. The largest absolute Gasteiger partial charge is 0.451 e. The quantitative estimate of drug-likeness (QED) is 0.720. The third-order valence-corrected chi connectivity index (χ3v) is 5.55. The van der Waals surface area contributed by atoms with Gasteiger partial charge in [-0.1, -0.05) is 41.4 Å². The first kappa shape index (κ1) is 18.4. The summed E-state index contributed by atoms with van der Waals surface area (Å²) in [6.07, 6.45) is 0. The van der Waals surface area contributed by atoms with Crippen molar-refractivity contribution in [1.82, 2.24) is 9.03 Å². The lowest BCUT2D eigenvalue weighted by Crippen LogP contribution is -2.41. The molecular weight excluding hydrogens is 376 g/mol. The Morgan fingerprint density at radius 2 is 1.85 bits per heavy atom. The number of nitrogens with zero attached hydrogens (tertiary/aromatic N) is 1. The third-order valence-electron chi connectivity index (χ3n) is 3.91. The molecule has 6 nitrogen and oxygen atoms in total. The SMILES string of the molecule is Cc1ccc(CNS(=O)(=O)N(C)C(=O)c2cc3cc(Cl)ccc3o2)cc1. The van der Waals surface area contributed by atoms with E-state index in [1.807, 2.05) is 31.2 Å². The first-order valence-electron chi connectivity index (χ1n) is 7.79. The highest BCUT2D eigenvalue weighted by atomic mass is 35.5. The second kappa shape index (κ2) is 7.11. The number of furan rings is 1. The predicted molar refractivity (Wildman–Crippen MR) is 100 cm³/mol. The van der Waals surface area contributed by atoms with E-state index in [2.05, 4.69) is 4.72 Å². The molecule has 1 N–H and O–H groups in total. The van der Waals surface area contributed by atoms with Crippen LogP contribution in [0.15, 0.2) is 52.9 Å². The summed E-state index contributed by atoms with van der Waals surface area (Å²) in [5, 5.41) is 1.12. The molecule has 8 heteroatoms. The van der Waals surface area contributed by atoms with Gasteiger partial charge in [-0.3, -0.25) is 4.79 Å². The molecule has 136 valence electrons. The summed E-state index contributed by atoms with van der Waals surface area (Å²) in [4.78, 5) is 12.5. The first-order valence-corrected chi connectivity index (χ1v) is 9.60. The number of rotatable bonds is 5. The molecule has 0 radical (unpaired) electrons. The minimum Gasteiger partial charge on any atom is -0.451 e. The molecule has 0 aliphatic heterocycles. The molecule has 2 aromatic carbocycles. The zero-order valence-corrected chi connectivity index (χ0v) is 15.8. The second-order valence-corrected chi connectivity index (χ2v) is 8.10. The average Bonchev–Trinajstić information content (AvgIpc) is 3.03. The molecule has 0 aliphatic rings. The number of fused-ring (bicyclic) bond motifs is 1. The summed E-state index contributed by atoms with van der Waals surface area (Å²) in [6.45, 7) is 2.02. The summed E-state index contributed by atoms with van der Waals surface area (Å²) in [5.41, 5.74) is 2.32. The molecule has 0 saturated carbocycles. The maximum atomic E-state index is 12.5. The third kappa shape index (κ3) is 3.90. The maximum Gasteiger partial charge on any atom is 0.304 e. The first-order chi connectivity index (χ1) is 12.3. The highest BCUT2D eigenvalue weighted by Crippen LogP contribution is 2.24. The average molecular weight is 393 g/mol. The summed E-state index contributed by atoms with van der Waals surface area (Å²) in [5.74, 6) is -0.848. The predicted octanol–water partition coefficient (Wildman–Crippen LogP) is 3.50. The van der Waals surface area contributed by atoms with Gasteiger partial charge >= 0.3 is 16.1 Å². The monoisotopic (exact) mass is 392 g/mol. The van der Waals surface area contributed by atoms with Gasteiger partial charge in [0.05, 0.1) is 0 Å². The number of hydrogen-bond acceptors (Lipinski definition) is 4. The van der Waals surface area contributed by atoms with Crippen LogP contribution in [0.3, 0.4) is 0 Å². The Labute approximate surface area is 156 Å². The zero-order chi connectivity index (χ0) is 18.9. The molecule has 0 saturated heterocycles. The Hall–Kier alpha value is -2.35. The van der Waals surface area contributed by atoms with Crippen LogP contribution in [0.2, 0.25) is 5.02 Å². The number of hydrogen-bond donors (Lipinski definition) is 1. The molecule has 26 heavy (non-hydrogen) atoms. The lowest BCUT2D eigenvalue weighted by molar-refractivity contribution is 0.0854. The van der Waals surface area contributed by atoms with E-state index >= 15 is 0 Å². The van der Waals surface area contributed by atoms with Crippen LogP contribution in [0.1, 0.15) is 21.7 Å². The maximum absolute atomic E-state index is 12.5. The molecular formula is C18H17ClN2O4S. The van der Waals surface area contributed by atoms with E-state index < -0.39 is 16.1 Å². The molecule has 0 atom stereocenters. The number of carbonyl (C=O) groups excluding carboxylic acids is 1. The Morgan fingerprint density at radius 1 is 1.15 bits per heavy atom. The second-order valence-electron chi connectivity index (χ2n) is 5.88. The van der Waals surface area contributed by atoms with Gasteiger partial charge in [-0.2, -0.15) is 13.1 Å². The van der Waals surface area contributed by atoms with Crippen molar-refractivity contribution in [2.75, 3.05) is 7.05 Å². The van der Waals surface area contributed by atoms with E-state index in [1.165, 1.54) is 13.1 Å². The van der Waals surface area contributed by atoms with Crippen LogP contribution in [0.4, 0.5) is 0 Å². The van der Waals surface area contributed by atoms with E-state index in [4.69, 9.17) is 16.0 Å². The Morgan fingerprint density at radius 3 is 2.54 bits per heavy atom. The van der Waals surface area contributed by atoms with Crippen molar-refractivity contribution in [2.45, 2.75) is 13.5 Å². The van der Waals surface area contributed by atoms with Crippen LogP contribution in [0, 0.1) is 6.92 Å². The highest BCUT2D eigenvalue weighted by molar-refractivity contribution is 7.87. The van der Waals surface area contributed by atoms with Gasteiger partial charge in [-0.15, -0.1) is 0 Å². The fraction of sp³-hybridized carbons (Fsp3) is 0.167. The Bertz CT molecular complexity index is 1060. The number of carbonyl (C=O) groups is 1. The van der Waals surface area contributed by atoms with Gasteiger partial charge in [0.15, 0.2) is 5.76 Å². The number of benzene rings is 2. The van der Waals surface area contributed by atoms with Crippen molar-refractivity contribution >= 4 is 38.7 Å². The molecule has 0 unspecified atom stereocenters. The van der Waals surface area contributed by atoms with Crippen LogP contribution in [0.25, 0.3) is 11.0 Å². The molecule has 1 amide bonds. The molecule has 0 aliphatic carbocycles. The van der Waals surface area contributed by atoms with Crippen LogP contribution < -0.4 is 4.72 Å². The smallest absolute Gasteiger partial charge is 0.304 e. The summed E-state index contributed by atoms with van der Waals surface area (Å²) >= 11 is 5.91. The van der Waals surface area contributed by atoms with Gasteiger partial charge in [0, 0.05) is 24.0 Å². The van der Waals surface area contributed by atoms with E-state index in [0.717, 1.165) is 11.1 Å². The van der Waals surface area contributed by atoms with Gasteiger partial charge in [-0.05, 0) is 36.8 Å². The lowest BCUT2D eigenvalue weighted by atomic mass is 10.2. The molecule has 0 spiro atoms. The van der Waals surface area contributed by atoms with E-state index in [0.29, 0.717) is 20.3 Å². The van der Waals surface area contributed by atoms with Gasteiger partial charge in [0.2, 0.25) is 0 Å². The van der Waals surface area contributed by atoms with Crippen LogP contribution in [0.5, 0.6) is 0 Å². The molecule has 3 aromatic rings. The van der Waals surface area contributed by atoms with Crippen LogP contribution >= 0.6 is 11.6 Å². The molecule has 1 heterocycles. The highest BCUT2D eigenvalue weighted by Gasteiger charge is 2.26. The molecule has 0 bridgehead atoms. The molecule has 3 rings (SSSR count). The number of nitrogens with one attached hydrogen (secondary N) is 1. The number of amides is 1. The standard InChI is InChI=1S/C18H17ClN2O4S/c1-12-3-5-13(6-4-12)11-20-26(23,24)21(2)18(22)17-10-14-9-15(19)7-8-16(14)25-17/h3-10,20H,11H2,1-2H3. The fourth-order valence-corrected chi connectivity index (χ4v) is 3.39. The van der Waals surface area contributed by atoms with Gasteiger partial charge < -0.3 is 4.42 Å². The minimum atomic E-state index is -4.01. The van der Waals surface area contributed by atoms with Crippen LogP contribution in [-0.4, -0.2) is 25.7 Å². The summed E-state index contributed by atoms with van der Waals surface area (Å²) < 4.78 is 33.2. The van der Waals surface area contributed by atoms with Crippen molar-refractivity contribution in [3.8, 4) is 0 Å². The van der Waals surface area contributed by atoms with Crippen LogP contribution in [-0.2, 0) is 16.8 Å². The molecule has 0 fully saturated rings. The topological polar surface area (TPSA) is 79.6 Å².